The summed E-state index contributed by atoms with van der Waals surface area (Å²) in [4.78, 5) is 35.3. The molecule has 1 amide bonds. The predicted molar refractivity (Wildman–Crippen MR) is 124 cm³/mol. The van der Waals surface area contributed by atoms with E-state index in [0.29, 0.717) is 47.5 Å². The molecule has 2 aromatic rings. The standard InChI is InChI=1S/C21H20IN3O4S/c22-11-15-4-1-3-14(12-23-15)20(27)25-21-24-17(16-5-2-8-29-16)19(30-21)18(26)13-6-9-28-10-7-13/h1-5,8,12-14H,6-7,9-11H2,(H,24,25,27). The molecule has 1 N–H and O–H groups in total. The maximum atomic E-state index is 13.2. The van der Waals surface area contributed by atoms with Crippen molar-refractivity contribution in [3.05, 3.63) is 47.2 Å². The van der Waals surface area contributed by atoms with Crippen molar-refractivity contribution in [2.45, 2.75) is 12.8 Å². The molecule has 2 aromatic heterocycles. The van der Waals surface area contributed by atoms with Gasteiger partial charge >= 0.3 is 0 Å². The minimum absolute atomic E-state index is 0.0227. The molecular formula is C21H20IN3O4S. The van der Waals surface area contributed by atoms with Gasteiger partial charge in [-0.3, -0.25) is 14.6 Å². The monoisotopic (exact) mass is 537 g/mol. The number of carbonyl (C=O) groups is 2. The average Bonchev–Trinajstić information content (AvgIpc) is 3.38. The number of carbonyl (C=O) groups excluding carboxylic acids is 2. The molecule has 2 aliphatic rings. The van der Waals surface area contributed by atoms with Crippen LogP contribution in [0.2, 0.25) is 0 Å². The summed E-state index contributed by atoms with van der Waals surface area (Å²) in [6.45, 7) is 1.16. The van der Waals surface area contributed by atoms with Crippen molar-refractivity contribution >= 4 is 57.0 Å². The van der Waals surface area contributed by atoms with E-state index in [0.717, 1.165) is 10.1 Å². The van der Waals surface area contributed by atoms with E-state index >= 15 is 0 Å². The molecular weight excluding hydrogens is 517 g/mol. The number of anilines is 1. The summed E-state index contributed by atoms with van der Waals surface area (Å²) in [7, 11) is 0. The molecule has 9 heteroatoms. The van der Waals surface area contributed by atoms with Crippen molar-refractivity contribution in [3.8, 4) is 11.5 Å². The summed E-state index contributed by atoms with van der Waals surface area (Å²) in [5.41, 5.74) is 1.37. The molecule has 0 bridgehead atoms. The van der Waals surface area contributed by atoms with Gasteiger partial charge in [0, 0.05) is 35.5 Å². The van der Waals surface area contributed by atoms with Crippen LogP contribution in [0.1, 0.15) is 22.5 Å². The number of ether oxygens (including phenoxy) is 1. The van der Waals surface area contributed by atoms with Crippen LogP contribution in [-0.4, -0.2) is 40.5 Å². The van der Waals surface area contributed by atoms with Gasteiger partial charge in [-0.2, -0.15) is 0 Å². The Bertz CT molecular complexity index is 1000. The molecule has 0 aromatic carbocycles. The van der Waals surface area contributed by atoms with E-state index in [4.69, 9.17) is 9.15 Å². The number of ketones is 1. The minimum atomic E-state index is -0.507. The molecule has 0 spiro atoms. The van der Waals surface area contributed by atoms with Gasteiger partial charge in [0.1, 0.15) is 10.6 Å². The zero-order valence-corrected chi connectivity index (χ0v) is 19.0. The van der Waals surface area contributed by atoms with E-state index in [2.05, 4.69) is 37.9 Å². The smallest absolute Gasteiger partial charge is 0.238 e. The van der Waals surface area contributed by atoms with Crippen LogP contribution in [0.5, 0.6) is 0 Å². The van der Waals surface area contributed by atoms with E-state index < -0.39 is 5.92 Å². The Morgan fingerprint density at radius 3 is 2.87 bits per heavy atom. The fourth-order valence-electron chi connectivity index (χ4n) is 3.24. The molecule has 30 heavy (non-hydrogen) atoms. The highest BCUT2D eigenvalue weighted by atomic mass is 127. The number of alkyl halides is 1. The Labute approximate surface area is 191 Å². The second-order valence-corrected chi connectivity index (χ2v) is 8.66. The number of halogens is 1. The molecule has 4 heterocycles. The number of hydrogen-bond donors (Lipinski definition) is 1. The Kier molecular flexibility index (Phi) is 6.90. The molecule has 0 aliphatic carbocycles. The minimum Gasteiger partial charge on any atom is -0.463 e. The summed E-state index contributed by atoms with van der Waals surface area (Å²) in [5, 5.41) is 3.21. The molecule has 156 valence electrons. The van der Waals surface area contributed by atoms with Crippen molar-refractivity contribution in [1.82, 2.24) is 4.98 Å². The van der Waals surface area contributed by atoms with Gasteiger partial charge in [-0.25, -0.2) is 4.98 Å². The van der Waals surface area contributed by atoms with E-state index in [9.17, 15) is 9.59 Å². The number of nitrogens with zero attached hydrogens (tertiary/aromatic N) is 2. The van der Waals surface area contributed by atoms with Gasteiger partial charge in [-0.1, -0.05) is 46.1 Å². The number of amides is 1. The first-order valence-electron chi connectivity index (χ1n) is 9.60. The van der Waals surface area contributed by atoms with Gasteiger partial charge in [-0.05, 0) is 31.1 Å². The van der Waals surface area contributed by atoms with Crippen LogP contribution in [0.4, 0.5) is 5.13 Å². The van der Waals surface area contributed by atoms with Crippen molar-refractivity contribution in [1.29, 1.82) is 0 Å². The van der Waals surface area contributed by atoms with Gasteiger partial charge in [-0.15, -0.1) is 0 Å². The number of nitrogens with one attached hydrogen (secondary N) is 1. The van der Waals surface area contributed by atoms with E-state index in [-0.39, 0.29) is 17.6 Å². The second kappa shape index (κ2) is 9.80. The number of Topliss-reactive ketones (excluding diaryl/α,β-unsaturated/α-hetero) is 1. The maximum absolute atomic E-state index is 13.2. The summed E-state index contributed by atoms with van der Waals surface area (Å²) >= 11 is 3.42. The Morgan fingerprint density at radius 1 is 1.30 bits per heavy atom. The van der Waals surface area contributed by atoms with Gasteiger partial charge in [0.15, 0.2) is 16.7 Å². The molecule has 4 rings (SSSR count). The highest BCUT2D eigenvalue weighted by Crippen LogP contribution is 2.35. The topological polar surface area (TPSA) is 93.8 Å². The number of thiazole rings is 1. The van der Waals surface area contributed by atoms with E-state index in [1.165, 1.54) is 11.3 Å². The van der Waals surface area contributed by atoms with Crippen LogP contribution in [0.25, 0.3) is 11.5 Å². The van der Waals surface area contributed by atoms with Crippen LogP contribution in [-0.2, 0) is 9.53 Å². The van der Waals surface area contributed by atoms with Crippen LogP contribution in [0.3, 0.4) is 0 Å². The molecule has 0 radical (unpaired) electrons. The summed E-state index contributed by atoms with van der Waals surface area (Å²) < 4.78 is 11.6. The average molecular weight is 537 g/mol. The lowest BCUT2D eigenvalue weighted by Gasteiger charge is -2.20. The van der Waals surface area contributed by atoms with Crippen LogP contribution in [0.15, 0.2) is 51.7 Å². The predicted octanol–water partition coefficient (Wildman–Crippen LogP) is 4.53. The van der Waals surface area contributed by atoms with Crippen molar-refractivity contribution < 1.29 is 18.7 Å². The third-order valence-electron chi connectivity index (χ3n) is 4.88. The normalized spacial score (nSPS) is 19.4. The molecule has 0 saturated carbocycles. The Hall–Kier alpha value is -2.11. The zero-order chi connectivity index (χ0) is 20.9. The number of rotatable bonds is 6. The van der Waals surface area contributed by atoms with E-state index in [1.807, 2.05) is 12.2 Å². The first-order chi connectivity index (χ1) is 14.7. The molecule has 7 nitrogen and oxygen atoms in total. The third kappa shape index (κ3) is 4.79. The van der Waals surface area contributed by atoms with Gasteiger partial charge < -0.3 is 14.5 Å². The largest absolute Gasteiger partial charge is 0.463 e. The molecule has 2 aliphatic heterocycles. The van der Waals surface area contributed by atoms with E-state index in [1.54, 1.807) is 30.7 Å². The van der Waals surface area contributed by atoms with Crippen LogP contribution >= 0.6 is 33.9 Å². The number of hydrogen-bond acceptors (Lipinski definition) is 7. The fraction of sp³-hybridized carbons (Fsp3) is 0.333. The van der Waals surface area contributed by atoms with Crippen molar-refractivity contribution in [2.24, 2.45) is 16.8 Å². The maximum Gasteiger partial charge on any atom is 0.238 e. The lowest BCUT2D eigenvalue weighted by Crippen LogP contribution is -2.23. The molecule has 1 atom stereocenters. The lowest BCUT2D eigenvalue weighted by atomic mass is 9.94. The SMILES string of the molecule is O=C(Nc1nc(-c2ccco2)c(C(=O)C2CCOCC2)s1)C1C=CC=C(CI)N=C1. The lowest BCUT2D eigenvalue weighted by molar-refractivity contribution is -0.116. The molecule has 1 saturated heterocycles. The first kappa shape index (κ1) is 21.1. The van der Waals surface area contributed by atoms with Crippen LogP contribution < -0.4 is 5.32 Å². The van der Waals surface area contributed by atoms with Crippen LogP contribution in [0, 0.1) is 11.8 Å². The van der Waals surface area contributed by atoms with Gasteiger partial charge in [0.05, 0.1) is 12.2 Å². The number of allylic oxidation sites excluding steroid dienone is 3. The Balaban J connectivity index is 1.57. The highest BCUT2D eigenvalue weighted by molar-refractivity contribution is 14.1. The third-order valence-corrected chi connectivity index (χ3v) is 6.64. The number of furan rings is 1. The number of aliphatic imine (C=N–C) groups is 1. The fourth-order valence-corrected chi connectivity index (χ4v) is 4.69. The highest BCUT2D eigenvalue weighted by Gasteiger charge is 2.29. The van der Waals surface area contributed by atoms with Crippen molar-refractivity contribution in [3.63, 3.8) is 0 Å². The molecule has 1 unspecified atom stereocenters. The first-order valence-corrected chi connectivity index (χ1v) is 11.9. The van der Waals surface area contributed by atoms with Gasteiger partial charge in [0.2, 0.25) is 5.91 Å². The quantitative estimate of drug-likeness (QED) is 0.332. The van der Waals surface area contributed by atoms with Gasteiger partial charge in [0.25, 0.3) is 0 Å². The van der Waals surface area contributed by atoms with Crippen molar-refractivity contribution in [2.75, 3.05) is 23.0 Å². The second-order valence-electron chi connectivity index (χ2n) is 6.89. The zero-order valence-electron chi connectivity index (χ0n) is 16.0. The Morgan fingerprint density at radius 2 is 2.13 bits per heavy atom. The summed E-state index contributed by atoms with van der Waals surface area (Å²) in [5.74, 6) is -0.329. The number of aromatic nitrogens is 1. The molecule has 1 fully saturated rings. The summed E-state index contributed by atoms with van der Waals surface area (Å²) in [6.07, 6.45) is 10.0. The summed E-state index contributed by atoms with van der Waals surface area (Å²) in [6, 6.07) is 3.51.